The second-order valence-electron chi connectivity index (χ2n) is 4.68. The van der Waals surface area contributed by atoms with Gasteiger partial charge in [0.25, 0.3) is 0 Å². The lowest BCUT2D eigenvalue weighted by molar-refractivity contribution is 0.293. The summed E-state index contributed by atoms with van der Waals surface area (Å²) in [4.78, 5) is 0. The van der Waals surface area contributed by atoms with E-state index >= 15 is 0 Å². The first-order valence-corrected chi connectivity index (χ1v) is 6.52. The Morgan fingerprint density at radius 2 is 2.10 bits per heavy atom. The Balaban J connectivity index is 2.08. The maximum Gasteiger partial charge on any atom is 0.130 e. The molecule has 0 radical (unpaired) electrons. The van der Waals surface area contributed by atoms with Gasteiger partial charge >= 0.3 is 0 Å². The molecule has 0 unspecified atom stereocenters. The molecule has 1 aromatic carbocycles. The first-order chi connectivity index (χ1) is 9.60. The van der Waals surface area contributed by atoms with Gasteiger partial charge in [0.15, 0.2) is 0 Å². The number of hydrogen-bond acceptors (Lipinski definition) is 3. The fraction of sp³-hybridized carbons (Fsp3) is 0.312. The largest absolute Gasteiger partial charge is 0.487 e. The fourth-order valence-electron chi connectivity index (χ4n) is 1.99. The summed E-state index contributed by atoms with van der Waals surface area (Å²) in [5.74, 6) is 6.72. The molecule has 0 fully saturated rings. The van der Waals surface area contributed by atoms with E-state index in [0.717, 1.165) is 28.3 Å². The molecule has 2 aromatic rings. The minimum atomic E-state index is 0.372. The van der Waals surface area contributed by atoms with Gasteiger partial charge < -0.3 is 10.5 Å². The van der Waals surface area contributed by atoms with Gasteiger partial charge in [-0.25, -0.2) is 0 Å². The van der Waals surface area contributed by atoms with Gasteiger partial charge in [-0.2, -0.15) is 5.10 Å². The molecule has 2 N–H and O–H groups in total. The van der Waals surface area contributed by atoms with Crippen LogP contribution in [0.15, 0.2) is 24.3 Å². The molecule has 104 valence electrons. The molecule has 0 atom stereocenters. The molecular formula is C16H19N3O. The molecule has 0 amide bonds. The highest BCUT2D eigenvalue weighted by atomic mass is 16.5. The molecule has 0 saturated heterocycles. The molecule has 0 saturated carbocycles. The van der Waals surface area contributed by atoms with E-state index in [1.165, 1.54) is 0 Å². The van der Waals surface area contributed by atoms with E-state index in [4.69, 9.17) is 10.5 Å². The van der Waals surface area contributed by atoms with Crippen LogP contribution in [0.5, 0.6) is 5.75 Å². The van der Waals surface area contributed by atoms with Crippen LogP contribution >= 0.6 is 0 Å². The van der Waals surface area contributed by atoms with E-state index in [1.54, 1.807) is 0 Å². The third-order valence-corrected chi connectivity index (χ3v) is 2.98. The van der Waals surface area contributed by atoms with Crippen LogP contribution in [0.3, 0.4) is 0 Å². The van der Waals surface area contributed by atoms with Gasteiger partial charge in [0.1, 0.15) is 12.4 Å². The van der Waals surface area contributed by atoms with Gasteiger partial charge in [0.05, 0.1) is 17.9 Å². The average molecular weight is 269 g/mol. The van der Waals surface area contributed by atoms with Crippen LogP contribution in [-0.4, -0.2) is 16.3 Å². The Morgan fingerprint density at radius 3 is 2.70 bits per heavy atom. The van der Waals surface area contributed by atoms with Crippen LogP contribution in [0.1, 0.15) is 22.5 Å². The normalized spacial score (nSPS) is 10.0. The van der Waals surface area contributed by atoms with Crippen molar-refractivity contribution in [2.24, 2.45) is 12.8 Å². The standard InChI is InChI=1S/C16H19N3O/c1-12-9-14(5-4-8-17)6-7-16(12)20-11-15-10-13(2)18-19(15)3/h6-7,9-10H,8,11,17H2,1-3H3. The first kappa shape index (κ1) is 14.2. The molecule has 0 aliphatic heterocycles. The molecule has 4 nitrogen and oxygen atoms in total. The third-order valence-electron chi connectivity index (χ3n) is 2.98. The zero-order chi connectivity index (χ0) is 14.5. The Hall–Kier alpha value is -2.25. The summed E-state index contributed by atoms with van der Waals surface area (Å²) in [6.45, 7) is 4.86. The van der Waals surface area contributed by atoms with Crippen LogP contribution in [0.4, 0.5) is 0 Å². The van der Waals surface area contributed by atoms with Crippen molar-refractivity contribution in [1.82, 2.24) is 9.78 Å². The second kappa shape index (κ2) is 6.27. The van der Waals surface area contributed by atoms with Crippen LogP contribution < -0.4 is 10.5 Å². The molecule has 20 heavy (non-hydrogen) atoms. The summed E-state index contributed by atoms with van der Waals surface area (Å²) in [6, 6.07) is 7.92. The minimum Gasteiger partial charge on any atom is -0.487 e. The number of ether oxygens (including phenoxy) is 1. The molecule has 1 heterocycles. The van der Waals surface area contributed by atoms with E-state index in [0.29, 0.717) is 13.2 Å². The average Bonchev–Trinajstić information content (AvgIpc) is 2.73. The molecular weight excluding hydrogens is 250 g/mol. The van der Waals surface area contributed by atoms with E-state index < -0.39 is 0 Å². The molecule has 4 heteroatoms. The maximum atomic E-state index is 5.84. The molecule has 1 aromatic heterocycles. The van der Waals surface area contributed by atoms with Crippen LogP contribution in [-0.2, 0) is 13.7 Å². The zero-order valence-electron chi connectivity index (χ0n) is 12.1. The topological polar surface area (TPSA) is 53.1 Å². The number of benzene rings is 1. The Labute approximate surface area is 119 Å². The van der Waals surface area contributed by atoms with Gasteiger partial charge in [-0.1, -0.05) is 11.8 Å². The second-order valence-corrected chi connectivity index (χ2v) is 4.68. The number of nitrogens with two attached hydrogens (primary N) is 1. The summed E-state index contributed by atoms with van der Waals surface area (Å²) in [5, 5.41) is 4.30. The van der Waals surface area contributed by atoms with Gasteiger partial charge in [-0.15, -0.1) is 0 Å². The van der Waals surface area contributed by atoms with E-state index in [2.05, 4.69) is 16.9 Å². The predicted octanol–water partition coefficient (Wildman–Crippen LogP) is 1.93. The van der Waals surface area contributed by atoms with Crippen LogP contribution in [0, 0.1) is 25.7 Å². The van der Waals surface area contributed by atoms with E-state index in [-0.39, 0.29) is 0 Å². The van der Waals surface area contributed by atoms with Crippen LogP contribution in [0.25, 0.3) is 0 Å². The van der Waals surface area contributed by atoms with E-state index in [1.807, 2.05) is 49.8 Å². The van der Waals surface area contributed by atoms with Crippen molar-refractivity contribution in [2.45, 2.75) is 20.5 Å². The molecule has 0 spiro atoms. The fourth-order valence-corrected chi connectivity index (χ4v) is 1.99. The summed E-state index contributed by atoms with van der Waals surface area (Å²) in [6.07, 6.45) is 0. The molecule has 0 aliphatic carbocycles. The Kier molecular flexibility index (Phi) is 4.44. The van der Waals surface area contributed by atoms with Crippen molar-refractivity contribution in [3.63, 3.8) is 0 Å². The summed E-state index contributed by atoms with van der Waals surface area (Å²) in [7, 11) is 1.92. The number of aromatic nitrogens is 2. The lowest BCUT2D eigenvalue weighted by Crippen LogP contribution is -2.03. The summed E-state index contributed by atoms with van der Waals surface area (Å²) < 4.78 is 7.68. The van der Waals surface area contributed by atoms with Crippen molar-refractivity contribution < 1.29 is 4.74 Å². The number of hydrogen-bond donors (Lipinski definition) is 1. The Bertz CT molecular complexity index is 662. The van der Waals surface area contributed by atoms with Crippen molar-refractivity contribution in [3.8, 4) is 17.6 Å². The zero-order valence-corrected chi connectivity index (χ0v) is 12.1. The smallest absolute Gasteiger partial charge is 0.130 e. The monoisotopic (exact) mass is 269 g/mol. The number of aryl methyl sites for hydroxylation is 3. The first-order valence-electron chi connectivity index (χ1n) is 6.52. The quantitative estimate of drug-likeness (QED) is 0.866. The van der Waals surface area contributed by atoms with Gasteiger partial charge in [0, 0.05) is 12.6 Å². The molecule has 0 aliphatic rings. The highest BCUT2D eigenvalue weighted by molar-refractivity contribution is 5.43. The van der Waals surface area contributed by atoms with Crippen molar-refractivity contribution >= 4 is 0 Å². The van der Waals surface area contributed by atoms with Gasteiger partial charge in [0.2, 0.25) is 0 Å². The van der Waals surface area contributed by atoms with Crippen molar-refractivity contribution in [2.75, 3.05) is 6.54 Å². The number of rotatable bonds is 3. The minimum absolute atomic E-state index is 0.372. The predicted molar refractivity (Wildman–Crippen MR) is 79.4 cm³/mol. The SMILES string of the molecule is Cc1cc(COc2ccc(C#CCN)cc2C)n(C)n1. The van der Waals surface area contributed by atoms with Crippen molar-refractivity contribution in [1.29, 1.82) is 0 Å². The highest BCUT2D eigenvalue weighted by Crippen LogP contribution is 2.20. The maximum absolute atomic E-state index is 5.84. The lowest BCUT2D eigenvalue weighted by atomic mass is 10.1. The molecule has 2 rings (SSSR count). The Morgan fingerprint density at radius 1 is 1.30 bits per heavy atom. The summed E-state index contributed by atoms with van der Waals surface area (Å²) in [5.41, 5.74) is 9.43. The van der Waals surface area contributed by atoms with E-state index in [9.17, 15) is 0 Å². The van der Waals surface area contributed by atoms with Gasteiger partial charge in [-0.05, 0) is 43.7 Å². The molecule has 0 bridgehead atoms. The number of nitrogens with zero attached hydrogens (tertiary/aromatic N) is 2. The van der Waals surface area contributed by atoms with Crippen molar-refractivity contribution in [3.05, 3.63) is 46.8 Å². The lowest BCUT2D eigenvalue weighted by Gasteiger charge is -2.09. The third kappa shape index (κ3) is 3.40. The van der Waals surface area contributed by atoms with Crippen LogP contribution in [0.2, 0.25) is 0 Å². The van der Waals surface area contributed by atoms with Gasteiger partial charge in [-0.3, -0.25) is 4.68 Å². The highest BCUT2D eigenvalue weighted by Gasteiger charge is 2.05. The summed E-state index contributed by atoms with van der Waals surface area (Å²) >= 11 is 0.